The van der Waals surface area contributed by atoms with Crippen LogP contribution in [-0.4, -0.2) is 19.8 Å². The Kier molecular flexibility index (Phi) is 4.63. The maximum atomic E-state index is 5.16. The molecule has 0 saturated carbocycles. The molecule has 1 aromatic carbocycles. The van der Waals surface area contributed by atoms with Crippen molar-refractivity contribution in [1.29, 1.82) is 0 Å². The van der Waals surface area contributed by atoms with Crippen molar-refractivity contribution in [3.63, 3.8) is 0 Å². The average Bonchev–Trinajstić information content (AvgIpc) is 2.23. The van der Waals surface area contributed by atoms with Crippen LogP contribution in [0.25, 0.3) is 0 Å². The van der Waals surface area contributed by atoms with E-state index in [4.69, 9.17) is 4.74 Å². The number of ether oxygens (including phenoxy) is 1. The summed E-state index contributed by atoms with van der Waals surface area (Å²) in [6.07, 6.45) is 1.07. The fourth-order valence-corrected chi connectivity index (χ4v) is 1.53. The van der Waals surface area contributed by atoms with Crippen LogP contribution in [0.15, 0.2) is 18.2 Å². The van der Waals surface area contributed by atoms with Gasteiger partial charge in [-0.05, 0) is 43.5 Å². The van der Waals surface area contributed by atoms with Gasteiger partial charge in [0.2, 0.25) is 0 Å². The van der Waals surface area contributed by atoms with Crippen LogP contribution >= 0.6 is 0 Å². The molecule has 0 aliphatic rings. The van der Waals surface area contributed by atoms with Crippen molar-refractivity contribution < 1.29 is 4.74 Å². The molecule has 0 heterocycles. The second kappa shape index (κ2) is 5.76. The van der Waals surface area contributed by atoms with E-state index in [1.807, 2.05) is 0 Å². The highest BCUT2D eigenvalue weighted by molar-refractivity contribution is 5.48. The minimum Gasteiger partial charge on any atom is -0.383 e. The lowest BCUT2D eigenvalue weighted by atomic mass is 10.1. The average molecular weight is 207 g/mol. The van der Waals surface area contributed by atoms with E-state index in [9.17, 15) is 0 Å². The Morgan fingerprint density at radius 1 is 1.27 bits per heavy atom. The van der Waals surface area contributed by atoms with Crippen LogP contribution in [0.4, 0.5) is 5.69 Å². The molecule has 0 bridgehead atoms. The van der Waals surface area contributed by atoms with E-state index in [1.54, 1.807) is 7.11 Å². The van der Waals surface area contributed by atoms with E-state index in [0.717, 1.165) is 13.0 Å². The van der Waals surface area contributed by atoms with E-state index in [2.05, 4.69) is 44.3 Å². The Morgan fingerprint density at radius 2 is 2.00 bits per heavy atom. The number of anilines is 1. The Hall–Kier alpha value is -1.02. The summed E-state index contributed by atoms with van der Waals surface area (Å²) in [6, 6.07) is 6.86. The molecular formula is C13H21NO. The van der Waals surface area contributed by atoms with Crippen LogP contribution < -0.4 is 5.32 Å². The molecule has 0 radical (unpaired) electrons. The van der Waals surface area contributed by atoms with Gasteiger partial charge in [-0.1, -0.05) is 13.0 Å². The summed E-state index contributed by atoms with van der Waals surface area (Å²) in [5.41, 5.74) is 3.84. The molecule has 0 spiro atoms. The zero-order chi connectivity index (χ0) is 11.3. The van der Waals surface area contributed by atoms with Gasteiger partial charge in [0.15, 0.2) is 0 Å². The molecule has 2 nitrogen and oxygen atoms in total. The fraction of sp³-hybridized carbons (Fsp3) is 0.538. The molecule has 1 aromatic rings. The molecule has 1 unspecified atom stereocenters. The van der Waals surface area contributed by atoms with Gasteiger partial charge in [-0.15, -0.1) is 0 Å². The molecule has 1 N–H and O–H groups in total. The molecule has 1 rings (SSSR count). The lowest BCUT2D eigenvalue weighted by molar-refractivity contribution is 0.184. The van der Waals surface area contributed by atoms with Crippen LogP contribution in [0.3, 0.4) is 0 Å². The minimum atomic E-state index is 0.400. The van der Waals surface area contributed by atoms with Crippen LogP contribution in [0, 0.1) is 13.8 Å². The number of benzene rings is 1. The van der Waals surface area contributed by atoms with Gasteiger partial charge >= 0.3 is 0 Å². The number of hydrogen-bond donors (Lipinski definition) is 1. The Balaban J connectivity index is 2.66. The van der Waals surface area contributed by atoms with Crippen molar-refractivity contribution in [3.8, 4) is 0 Å². The number of rotatable bonds is 5. The topological polar surface area (TPSA) is 21.3 Å². The first-order chi connectivity index (χ1) is 7.17. The zero-order valence-electron chi connectivity index (χ0n) is 10.1. The predicted molar refractivity (Wildman–Crippen MR) is 65.5 cm³/mol. The second-order valence-corrected chi connectivity index (χ2v) is 4.00. The van der Waals surface area contributed by atoms with Gasteiger partial charge in [-0.2, -0.15) is 0 Å². The van der Waals surface area contributed by atoms with Gasteiger partial charge in [0.05, 0.1) is 6.61 Å². The molecule has 0 aliphatic heterocycles. The molecule has 0 aliphatic carbocycles. The van der Waals surface area contributed by atoms with E-state index in [0.29, 0.717) is 6.04 Å². The Morgan fingerprint density at radius 3 is 2.53 bits per heavy atom. The summed E-state index contributed by atoms with van der Waals surface area (Å²) >= 11 is 0. The van der Waals surface area contributed by atoms with E-state index >= 15 is 0 Å². The molecule has 15 heavy (non-hydrogen) atoms. The molecule has 0 fully saturated rings. The van der Waals surface area contributed by atoms with E-state index < -0.39 is 0 Å². The lowest BCUT2D eigenvalue weighted by Gasteiger charge is -2.18. The monoisotopic (exact) mass is 207 g/mol. The number of methoxy groups -OCH3 is 1. The smallest absolute Gasteiger partial charge is 0.0663 e. The number of hydrogen-bond acceptors (Lipinski definition) is 2. The molecular weight excluding hydrogens is 186 g/mol. The van der Waals surface area contributed by atoms with Crippen molar-refractivity contribution in [1.82, 2.24) is 0 Å². The Bertz CT molecular complexity index is 309. The van der Waals surface area contributed by atoms with Gasteiger partial charge in [0, 0.05) is 18.8 Å². The summed E-state index contributed by atoms with van der Waals surface area (Å²) in [4.78, 5) is 0. The third-order valence-corrected chi connectivity index (χ3v) is 2.74. The SMILES string of the molecule is CCC(COC)Nc1ccc(C)c(C)c1. The molecule has 0 amide bonds. The van der Waals surface area contributed by atoms with E-state index in [1.165, 1.54) is 16.8 Å². The molecule has 1 atom stereocenters. The van der Waals surface area contributed by atoms with Crippen molar-refractivity contribution in [2.45, 2.75) is 33.2 Å². The van der Waals surface area contributed by atoms with E-state index in [-0.39, 0.29) is 0 Å². The number of nitrogens with one attached hydrogen (secondary N) is 1. The summed E-state index contributed by atoms with van der Waals surface area (Å²) < 4.78 is 5.16. The molecule has 0 aromatic heterocycles. The predicted octanol–water partition coefficient (Wildman–Crippen LogP) is 3.14. The van der Waals surface area contributed by atoms with Gasteiger partial charge < -0.3 is 10.1 Å². The highest BCUT2D eigenvalue weighted by Gasteiger charge is 2.05. The second-order valence-electron chi connectivity index (χ2n) is 4.00. The minimum absolute atomic E-state index is 0.400. The third kappa shape index (κ3) is 3.56. The van der Waals surface area contributed by atoms with Gasteiger partial charge in [-0.25, -0.2) is 0 Å². The molecule has 0 saturated heterocycles. The van der Waals surface area contributed by atoms with Gasteiger partial charge in [0.1, 0.15) is 0 Å². The lowest BCUT2D eigenvalue weighted by Crippen LogP contribution is -2.23. The third-order valence-electron chi connectivity index (χ3n) is 2.74. The summed E-state index contributed by atoms with van der Waals surface area (Å²) in [7, 11) is 1.74. The summed E-state index contributed by atoms with van der Waals surface area (Å²) in [5.74, 6) is 0. The van der Waals surface area contributed by atoms with Gasteiger partial charge in [-0.3, -0.25) is 0 Å². The van der Waals surface area contributed by atoms with Crippen LogP contribution in [-0.2, 0) is 4.74 Å². The highest BCUT2D eigenvalue weighted by atomic mass is 16.5. The fourth-order valence-electron chi connectivity index (χ4n) is 1.53. The Labute approximate surface area is 92.6 Å². The number of aryl methyl sites for hydroxylation is 2. The quantitative estimate of drug-likeness (QED) is 0.801. The highest BCUT2D eigenvalue weighted by Crippen LogP contribution is 2.15. The first-order valence-electron chi connectivity index (χ1n) is 5.50. The summed E-state index contributed by atoms with van der Waals surface area (Å²) in [5, 5.41) is 3.47. The zero-order valence-corrected chi connectivity index (χ0v) is 10.1. The summed E-state index contributed by atoms with van der Waals surface area (Å²) in [6.45, 7) is 7.19. The van der Waals surface area contributed by atoms with Crippen molar-refractivity contribution in [2.24, 2.45) is 0 Å². The first-order valence-corrected chi connectivity index (χ1v) is 5.50. The van der Waals surface area contributed by atoms with Crippen molar-refractivity contribution >= 4 is 5.69 Å². The van der Waals surface area contributed by atoms with Crippen molar-refractivity contribution in [2.75, 3.05) is 19.0 Å². The standard InChI is InChI=1S/C13H21NO/c1-5-12(9-15-4)14-13-7-6-10(2)11(3)8-13/h6-8,12,14H,5,9H2,1-4H3. The maximum Gasteiger partial charge on any atom is 0.0663 e. The first kappa shape index (κ1) is 12.1. The van der Waals surface area contributed by atoms with Crippen LogP contribution in [0.1, 0.15) is 24.5 Å². The molecule has 84 valence electrons. The largest absolute Gasteiger partial charge is 0.383 e. The molecule has 2 heteroatoms. The maximum absolute atomic E-state index is 5.16. The van der Waals surface area contributed by atoms with Crippen molar-refractivity contribution in [3.05, 3.63) is 29.3 Å². The van der Waals surface area contributed by atoms with Gasteiger partial charge in [0.25, 0.3) is 0 Å². The normalized spacial score (nSPS) is 12.5. The van der Waals surface area contributed by atoms with Crippen LogP contribution in [0.5, 0.6) is 0 Å². The van der Waals surface area contributed by atoms with Crippen LogP contribution in [0.2, 0.25) is 0 Å².